The SMILES string of the molecule is CC#CC(=O)N[C@H]1CCC[C@H](c2c(F)ccc3[nH]c4c(c23)CCC4)C1. The van der Waals surface area contributed by atoms with E-state index in [0.29, 0.717) is 0 Å². The fourth-order valence-corrected chi connectivity index (χ4v) is 4.66. The number of aromatic nitrogens is 1. The number of hydrogen-bond acceptors (Lipinski definition) is 1. The molecule has 1 fully saturated rings. The molecule has 2 atom stereocenters. The third-order valence-electron chi connectivity index (χ3n) is 5.65. The Morgan fingerprint density at radius 1 is 1.28 bits per heavy atom. The summed E-state index contributed by atoms with van der Waals surface area (Å²) in [5, 5.41) is 4.10. The van der Waals surface area contributed by atoms with E-state index in [0.717, 1.165) is 61.4 Å². The molecule has 1 saturated carbocycles. The summed E-state index contributed by atoms with van der Waals surface area (Å²) in [6.07, 6.45) is 6.93. The number of rotatable bonds is 2. The summed E-state index contributed by atoms with van der Waals surface area (Å²) in [4.78, 5) is 15.3. The number of aromatic amines is 1. The summed E-state index contributed by atoms with van der Waals surface area (Å²) in [5.74, 6) is 4.99. The van der Waals surface area contributed by atoms with Gasteiger partial charge in [0.2, 0.25) is 0 Å². The quantitative estimate of drug-likeness (QED) is 0.800. The van der Waals surface area contributed by atoms with Crippen LogP contribution in [0.3, 0.4) is 0 Å². The van der Waals surface area contributed by atoms with Gasteiger partial charge < -0.3 is 10.3 Å². The van der Waals surface area contributed by atoms with Crippen LogP contribution >= 0.6 is 0 Å². The molecule has 1 amide bonds. The summed E-state index contributed by atoms with van der Waals surface area (Å²) in [6.45, 7) is 1.66. The summed E-state index contributed by atoms with van der Waals surface area (Å²) in [6, 6.07) is 3.54. The van der Waals surface area contributed by atoms with E-state index in [9.17, 15) is 9.18 Å². The molecule has 0 spiro atoms. The average Bonchev–Trinajstić information content (AvgIpc) is 3.16. The summed E-state index contributed by atoms with van der Waals surface area (Å²) in [7, 11) is 0. The molecule has 0 bridgehead atoms. The van der Waals surface area contributed by atoms with Crippen molar-refractivity contribution in [1.29, 1.82) is 0 Å². The maximum absolute atomic E-state index is 14.8. The lowest BCUT2D eigenvalue weighted by molar-refractivity contribution is -0.116. The Morgan fingerprint density at radius 3 is 3.00 bits per heavy atom. The van der Waals surface area contributed by atoms with Crippen LogP contribution in [-0.2, 0) is 17.6 Å². The van der Waals surface area contributed by atoms with E-state index in [1.165, 1.54) is 11.3 Å². The predicted octanol–water partition coefficient (Wildman–Crippen LogP) is 3.96. The number of benzene rings is 1. The average molecular weight is 338 g/mol. The molecule has 1 aromatic carbocycles. The van der Waals surface area contributed by atoms with Crippen LogP contribution < -0.4 is 5.32 Å². The Hall–Kier alpha value is -2.28. The second kappa shape index (κ2) is 6.55. The van der Waals surface area contributed by atoms with Gasteiger partial charge in [-0.05, 0) is 75.0 Å². The third kappa shape index (κ3) is 2.93. The molecule has 3 nitrogen and oxygen atoms in total. The van der Waals surface area contributed by atoms with E-state index in [4.69, 9.17) is 0 Å². The first-order chi connectivity index (χ1) is 12.2. The minimum absolute atomic E-state index is 0.0775. The third-order valence-corrected chi connectivity index (χ3v) is 5.65. The van der Waals surface area contributed by atoms with Crippen LogP contribution in [-0.4, -0.2) is 16.9 Å². The molecule has 1 heterocycles. The fourth-order valence-electron chi connectivity index (χ4n) is 4.66. The number of carbonyl (C=O) groups excluding carboxylic acids is 1. The molecule has 2 aromatic rings. The first kappa shape index (κ1) is 16.2. The Morgan fingerprint density at radius 2 is 2.16 bits per heavy atom. The summed E-state index contributed by atoms with van der Waals surface area (Å²) in [5.41, 5.74) is 4.51. The van der Waals surface area contributed by atoms with Crippen LogP contribution in [0.1, 0.15) is 61.8 Å². The largest absolute Gasteiger partial charge is 0.358 e. The molecular formula is C21H23FN2O. The molecule has 2 N–H and O–H groups in total. The minimum atomic E-state index is -0.227. The molecule has 4 rings (SSSR count). The topological polar surface area (TPSA) is 44.9 Å². The zero-order chi connectivity index (χ0) is 17.4. The van der Waals surface area contributed by atoms with Gasteiger partial charge in [-0.25, -0.2) is 4.39 Å². The summed E-state index contributed by atoms with van der Waals surface area (Å²) >= 11 is 0. The lowest BCUT2D eigenvalue weighted by Crippen LogP contribution is -2.37. The first-order valence-corrected chi connectivity index (χ1v) is 9.22. The molecule has 2 aliphatic rings. The standard InChI is InChI=1S/C21H23FN2O/c1-2-5-19(25)23-14-7-3-6-13(12-14)20-16(22)10-11-18-21(20)15-8-4-9-17(15)24-18/h10-11,13-14,24H,3-4,6-9,12H2,1H3,(H,23,25)/t13-,14-/m0/s1. The Bertz CT molecular complexity index is 887. The van der Waals surface area contributed by atoms with Gasteiger partial charge in [0.25, 0.3) is 5.91 Å². The van der Waals surface area contributed by atoms with Crippen LogP contribution in [0.4, 0.5) is 4.39 Å². The van der Waals surface area contributed by atoms with Gasteiger partial charge in [-0.3, -0.25) is 4.79 Å². The second-order valence-corrected chi connectivity index (χ2v) is 7.23. The number of halogens is 1. The van der Waals surface area contributed by atoms with E-state index in [1.807, 2.05) is 6.07 Å². The van der Waals surface area contributed by atoms with Crippen molar-refractivity contribution in [3.8, 4) is 11.8 Å². The number of amides is 1. The highest BCUT2D eigenvalue weighted by Crippen LogP contribution is 2.41. The van der Waals surface area contributed by atoms with Gasteiger partial charge in [-0.15, -0.1) is 0 Å². The molecule has 25 heavy (non-hydrogen) atoms. The highest BCUT2D eigenvalue weighted by molar-refractivity contribution is 5.93. The number of fused-ring (bicyclic) bond motifs is 3. The Kier molecular flexibility index (Phi) is 4.25. The van der Waals surface area contributed by atoms with E-state index in [2.05, 4.69) is 22.1 Å². The molecule has 0 aliphatic heterocycles. The normalized spacial score (nSPS) is 22.3. The van der Waals surface area contributed by atoms with Crippen molar-refractivity contribution in [2.24, 2.45) is 0 Å². The van der Waals surface area contributed by atoms with Crippen LogP contribution in [0.5, 0.6) is 0 Å². The van der Waals surface area contributed by atoms with Crippen LogP contribution in [0.2, 0.25) is 0 Å². The van der Waals surface area contributed by atoms with Crippen molar-refractivity contribution in [2.75, 3.05) is 0 Å². The van der Waals surface area contributed by atoms with E-state index >= 15 is 0 Å². The predicted molar refractivity (Wildman–Crippen MR) is 96.9 cm³/mol. The van der Waals surface area contributed by atoms with Crippen molar-refractivity contribution < 1.29 is 9.18 Å². The smallest absolute Gasteiger partial charge is 0.296 e. The molecule has 4 heteroatoms. The van der Waals surface area contributed by atoms with Gasteiger partial charge in [0.1, 0.15) is 5.82 Å². The van der Waals surface area contributed by atoms with Crippen LogP contribution in [0, 0.1) is 17.7 Å². The highest BCUT2D eigenvalue weighted by atomic mass is 19.1. The molecule has 0 unspecified atom stereocenters. The van der Waals surface area contributed by atoms with E-state index < -0.39 is 0 Å². The van der Waals surface area contributed by atoms with Crippen molar-refractivity contribution in [2.45, 2.75) is 63.8 Å². The van der Waals surface area contributed by atoms with Crippen molar-refractivity contribution in [3.05, 3.63) is 34.8 Å². The molecule has 2 aliphatic carbocycles. The molecule has 0 saturated heterocycles. The lowest BCUT2D eigenvalue weighted by atomic mass is 9.79. The van der Waals surface area contributed by atoms with E-state index in [1.54, 1.807) is 13.0 Å². The van der Waals surface area contributed by atoms with Crippen LogP contribution in [0.25, 0.3) is 10.9 Å². The monoisotopic (exact) mass is 338 g/mol. The Balaban J connectivity index is 1.68. The first-order valence-electron chi connectivity index (χ1n) is 9.22. The van der Waals surface area contributed by atoms with Gasteiger partial charge in [0, 0.05) is 28.2 Å². The van der Waals surface area contributed by atoms with Crippen molar-refractivity contribution in [3.63, 3.8) is 0 Å². The number of carbonyl (C=O) groups is 1. The zero-order valence-corrected chi connectivity index (χ0v) is 14.5. The van der Waals surface area contributed by atoms with E-state index in [-0.39, 0.29) is 23.7 Å². The fraction of sp³-hybridized carbons (Fsp3) is 0.476. The number of nitrogens with one attached hydrogen (secondary N) is 2. The second-order valence-electron chi connectivity index (χ2n) is 7.23. The summed E-state index contributed by atoms with van der Waals surface area (Å²) < 4.78 is 14.8. The minimum Gasteiger partial charge on any atom is -0.358 e. The Labute approximate surface area is 147 Å². The maximum Gasteiger partial charge on any atom is 0.296 e. The van der Waals surface area contributed by atoms with Gasteiger partial charge in [0.05, 0.1) is 0 Å². The zero-order valence-electron chi connectivity index (χ0n) is 14.5. The van der Waals surface area contributed by atoms with Gasteiger partial charge in [-0.2, -0.15) is 0 Å². The molecule has 130 valence electrons. The lowest BCUT2D eigenvalue weighted by Gasteiger charge is -2.30. The van der Waals surface area contributed by atoms with Crippen molar-refractivity contribution in [1.82, 2.24) is 10.3 Å². The molecule has 0 radical (unpaired) electrons. The van der Waals surface area contributed by atoms with Gasteiger partial charge in [-0.1, -0.05) is 12.3 Å². The van der Waals surface area contributed by atoms with Crippen LogP contribution in [0.15, 0.2) is 12.1 Å². The maximum atomic E-state index is 14.8. The van der Waals surface area contributed by atoms with Gasteiger partial charge >= 0.3 is 0 Å². The molecular weight excluding hydrogens is 315 g/mol. The molecule has 1 aromatic heterocycles. The number of hydrogen-bond donors (Lipinski definition) is 2. The van der Waals surface area contributed by atoms with Crippen molar-refractivity contribution >= 4 is 16.8 Å². The number of H-pyrrole nitrogens is 1. The number of aryl methyl sites for hydroxylation is 2. The van der Waals surface area contributed by atoms with Gasteiger partial charge in [0.15, 0.2) is 0 Å². The highest BCUT2D eigenvalue weighted by Gasteiger charge is 2.30.